The summed E-state index contributed by atoms with van der Waals surface area (Å²) in [6.07, 6.45) is 5.48. The highest BCUT2D eigenvalue weighted by Gasteiger charge is 2.22. The molecule has 7 heteroatoms. The summed E-state index contributed by atoms with van der Waals surface area (Å²) in [4.78, 5) is 25.6. The molecule has 7 nitrogen and oxygen atoms in total. The van der Waals surface area contributed by atoms with Crippen molar-refractivity contribution in [1.29, 1.82) is 0 Å². The average Bonchev–Trinajstić information content (AvgIpc) is 2.77. The number of nitrogens with zero attached hydrogens (tertiary/aromatic N) is 4. The first-order valence-electron chi connectivity index (χ1n) is 10.5. The summed E-state index contributed by atoms with van der Waals surface area (Å²) in [6, 6.07) is 10.1. The van der Waals surface area contributed by atoms with Crippen LogP contribution in [0.5, 0.6) is 0 Å². The molecular weight excluding hydrogens is 364 g/mol. The van der Waals surface area contributed by atoms with Crippen molar-refractivity contribution in [3.05, 3.63) is 53.9 Å². The van der Waals surface area contributed by atoms with Crippen molar-refractivity contribution in [3.63, 3.8) is 0 Å². The van der Waals surface area contributed by atoms with Crippen molar-refractivity contribution in [2.75, 3.05) is 31.1 Å². The number of carbonyl (C=O) groups excluding carboxylic acids is 1. The number of hydrogen-bond acceptors (Lipinski definition) is 5. The second kappa shape index (κ2) is 10.8. The maximum atomic E-state index is 12.5. The Kier molecular flexibility index (Phi) is 7.81. The van der Waals surface area contributed by atoms with E-state index in [1.54, 1.807) is 12.4 Å². The number of rotatable bonds is 8. The molecule has 1 aromatic heterocycles. The van der Waals surface area contributed by atoms with Gasteiger partial charge in [0.25, 0.3) is 0 Å². The van der Waals surface area contributed by atoms with E-state index in [0.29, 0.717) is 6.54 Å². The normalized spacial score (nSPS) is 16.7. The molecule has 0 radical (unpaired) electrons. The molecule has 2 aromatic rings. The van der Waals surface area contributed by atoms with Crippen LogP contribution in [-0.4, -0.2) is 53.1 Å². The van der Waals surface area contributed by atoms with Gasteiger partial charge in [-0.1, -0.05) is 38.1 Å². The SMILES string of the molecule is CCN(CC)Cc1ccccc1CNC(=O)N[C@H]1CCCN(c2ncccn2)C1. The van der Waals surface area contributed by atoms with E-state index in [4.69, 9.17) is 0 Å². The molecule has 1 atom stereocenters. The number of benzene rings is 1. The molecule has 1 aromatic carbocycles. The quantitative estimate of drug-likeness (QED) is 0.718. The molecule has 1 aliphatic heterocycles. The Morgan fingerprint density at radius 2 is 1.86 bits per heavy atom. The predicted octanol–water partition coefficient (Wildman–Crippen LogP) is 2.79. The molecule has 2 N–H and O–H groups in total. The fourth-order valence-corrected chi connectivity index (χ4v) is 3.72. The number of anilines is 1. The van der Waals surface area contributed by atoms with E-state index in [-0.39, 0.29) is 12.1 Å². The van der Waals surface area contributed by atoms with Crippen LogP contribution in [0.3, 0.4) is 0 Å². The Morgan fingerprint density at radius 1 is 1.14 bits per heavy atom. The number of urea groups is 1. The Morgan fingerprint density at radius 3 is 2.59 bits per heavy atom. The van der Waals surface area contributed by atoms with Gasteiger partial charge in [-0.25, -0.2) is 14.8 Å². The van der Waals surface area contributed by atoms with Gasteiger partial charge in [-0.3, -0.25) is 4.90 Å². The molecule has 29 heavy (non-hydrogen) atoms. The van der Waals surface area contributed by atoms with Gasteiger partial charge in [0.15, 0.2) is 0 Å². The molecule has 0 bridgehead atoms. The number of nitrogens with one attached hydrogen (secondary N) is 2. The molecule has 0 spiro atoms. The Bertz CT molecular complexity index is 765. The lowest BCUT2D eigenvalue weighted by atomic mass is 10.1. The number of piperidine rings is 1. The van der Waals surface area contributed by atoms with Crippen molar-refractivity contribution in [2.24, 2.45) is 0 Å². The van der Waals surface area contributed by atoms with E-state index in [0.717, 1.165) is 57.1 Å². The van der Waals surface area contributed by atoms with Crippen LogP contribution in [0.1, 0.15) is 37.8 Å². The number of hydrogen-bond donors (Lipinski definition) is 2. The highest BCUT2D eigenvalue weighted by Crippen LogP contribution is 2.15. The molecule has 2 heterocycles. The van der Waals surface area contributed by atoms with Crippen molar-refractivity contribution in [3.8, 4) is 0 Å². The smallest absolute Gasteiger partial charge is 0.315 e. The molecule has 1 fully saturated rings. The highest BCUT2D eigenvalue weighted by atomic mass is 16.2. The monoisotopic (exact) mass is 396 g/mol. The van der Waals surface area contributed by atoms with Crippen LogP contribution in [-0.2, 0) is 13.1 Å². The van der Waals surface area contributed by atoms with Crippen molar-refractivity contribution >= 4 is 12.0 Å². The second-order valence-electron chi connectivity index (χ2n) is 7.39. The van der Waals surface area contributed by atoms with Gasteiger partial charge in [-0.2, -0.15) is 0 Å². The van der Waals surface area contributed by atoms with Crippen LogP contribution in [0.25, 0.3) is 0 Å². The number of carbonyl (C=O) groups is 1. The summed E-state index contributed by atoms with van der Waals surface area (Å²) in [6.45, 7) is 9.46. The van der Waals surface area contributed by atoms with Gasteiger partial charge in [-0.05, 0) is 43.1 Å². The zero-order chi connectivity index (χ0) is 20.5. The van der Waals surface area contributed by atoms with Gasteiger partial charge in [0, 0.05) is 44.6 Å². The summed E-state index contributed by atoms with van der Waals surface area (Å²) in [5, 5.41) is 6.15. The molecule has 156 valence electrons. The van der Waals surface area contributed by atoms with Gasteiger partial charge in [0.05, 0.1) is 0 Å². The van der Waals surface area contributed by atoms with Crippen molar-refractivity contribution < 1.29 is 4.79 Å². The zero-order valence-corrected chi connectivity index (χ0v) is 17.5. The van der Waals surface area contributed by atoms with E-state index < -0.39 is 0 Å². The molecule has 1 saturated heterocycles. The van der Waals surface area contributed by atoms with Crippen molar-refractivity contribution in [2.45, 2.75) is 45.8 Å². The minimum absolute atomic E-state index is 0.0958. The minimum Gasteiger partial charge on any atom is -0.339 e. The maximum absolute atomic E-state index is 12.5. The largest absolute Gasteiger partial charge is 0.339 e. The Balaban J connectivity index is 1.51. The lowest BCUT2D eigenvalue weighted by molar-refractivity contribution is 0.234. The second-order valence-corrected chi connectivity index (χ2v) is 7.39. The first-order valence-corrected chi connectivity index (χ1v) is 10.5. The summed E-state index contributed by atoms with van der Waals surface area (Å²) >= 11 is 0. The van der Waals surface area contributed by atoms with Crippen LogP contribution < -0.4 is 15.5 Å². The topological polar surface area (TPSA) is 73.4 Å². The average molecular weight is 397 g/mol. The Labute approximate surface area is 173 Å². The Hall–Kier alpha value is -2.67. The van der Waals surface area contributed by atoms with Gasteiger partial charge in [0.1, 0.15) is 0 Å². The lowest BCUT2D eigenvalue weighted by Crippen LogP contribution is -2.50. The third-order valence-corrected chi connectivity index (χ3v) is 5.44. The summed E-state index contributed by atoms with van der Waals surface area (Å²) in [5.74, 6) is 0.727. The van der Waals surface area contributed by atoms with Crippen LogP contribution in [0.4, 0.5) is 10.7 Å². The molecule has 0 aliphatic carbocycles. The van der Waals surface area contributed by atoms with E-state index in [9.17, 15) is 4.79 Å². The van der Waals surface area contributed by atoms with Crippen LogP contribution in [0.15, 0.2) is 42.7 Å². The molecule has 2 amide bonds. The third-order valence-electron chi connectivity index (χ3n) is 5.44. The van der Waals surface area contributed by atoms with Gasteiger partial charge in [0.2, 0.25) is 5.95 Å². The van der Waals surface area contributed by atoms with E-state index in [2.05, 4.69) is 62.4 Å². The summed E-state index contributed by atoms with van der Waals surface area (Å²) < 4.78 is 0. The van der Waals surface area contributed by atoms with E-state index in [1.807, 2.05) is 12.1 Å². The fraction of sp³-hybridized carbons (Fsp3) is 0.500. The maximum Gasteiger partial charge on any atom is 0.315 e. The predicted molar refractivity (Wildman–Crippen MR) is 116 cm³/mol. The third kappa shape index (κ3) is 6.15. The van der Waals surface area contributed by atoms with E-state index >= 15 is 0 Å². The number of aromatic nitrogens is 2. The first kappa shape index (κ1) is 21.0. The summed E-state index contributed by atoms with van der Waals surface area (Å²) in [7, 11) is 0. The van der Waals surface area contributed by atoms with Gasteiger partial charge < -0.3 is 15.5 Å². The molecule has 0 saturated carbocycles. The zero-order valence-electron chi connectivity index (χ0n) is 17.5. The highest BCUT2D eigenvalue weighted by molar-refractivity contribution is 5.74. The molecule has 1 aliphatic rings. The minimum atomic E-state index is -0.122. The molecule has 0 unspecified atom stereocenters. The van der Waals surface area contributed by atoms with Crippen LogP contribution in [0.2, 0.25) is 0 Å². The van der Waals surface area contributed by atoms with Gasteiger partial charge >= 0.3 is 6.03 Å². The molecule has 3 rings (SSSR count). The van der Waals surface area contributed by atoms with E-state index in [1.165, 1.54) is 5.56 Å². The van der Waals surface area contributed by atoms with Crippen molar-refractivity contribution in [1.82, 2.24) is 25.5 Å². The summed E-state index contributed by atoms with van der Waals surface area (Å²) in [5.41, 5.74) is 2.43. The fourth-order valence-electron chi connectivity index (χ4n) is 3.72. The van der Waals surface area contributed by atoms with Crippen LogP contribution in [0, 0.1) is 0 Å². The van der Waals surface area contributed by atoms with Gasteiger partial charge in [-0.15, -0.1) is 0 Å². The standard InChI is InChI=1S/C22H32N6O/c1-3-27(4-2)16-19-10-6-5-9-18(19)15-25-22(29)26-20-11-7-14-28(17-20)21-23-12-8-13-24-21/h5-6,8-10,12-13,20H,3-4,7,11,14-17H2,1-2H3,(H2,25,26,29)/t20-/m0/s1. The molecular formula is C22H32N6O. The van der Waals surface area contributed by atoms with Crippen LogP contribution >= 0.6 is 0 Å². The lowest BCUT2D eigenvalue weighted by Gasteiger charge is -2.33. The first-order chi connectivity index (χ1) is 14.2. The number of amides is 2.